The van der Waals surface area contributed by atoms with Gasteiger partial charge in [0.1, 0.15) is 7.05 Å². The van der Waals surface area contributed by atoms with Crippen LogP contribution >= 0.6 is 0 Å². The molecule has 2 aromatic rings. The predicted molar refractivity (Wildman–Crippen MR) is 63.0 cm³/mol. The molecule has 1 heteroatoms. The average molecular weight is 196 g/mol. The Bertz CT molecular complexity index is 458. The molecule has 74 valence electrons. The van der Waals surface area contributed by atoms with E-state index in [1.165, 1.54) is 11.3 Å². The van der Waals surface area contributed by atoms with Crippen LogP contribution in [0.5, 0.6) is 0 Å². The number of hydrogen-bond acceptors (Lipinski definition) is 0. The number of aromatic nitrogens is 1. The predicted octanol–water partition coefficient (Wildman–Crippen LogP) is 2.68. The van der Waals surface area contributed by atoms with E-state index in [2.05, 4.69) is 34.9 Å². The van der Waals surface area contributed by atoms with Crippen LogP contribution in [-0.4, -0.2) is 0 Å². The van der Waals surface area contributed by atoms with Crippen molar-refractivity contribution in [1.82, 2.24) is 0 Å². The maximum atomic E-state index is 2.12. The lowest BCUT2D eigenvalue weighted by atomic mass is 10.2. The Kier molecular flexibility index (Phi) is 2.93. The molecule has 0 aliphatic rings. The van der Waals surface area contributed by atoms with Gasteiger partial charge in [-0.15, -0.1) is 0 Å². The summed E-state index contributed by atoms with van der Waals surface area (Å²) >= 11 is 0. The first kappa shape index (κ1) is 9.66. The molecule has 0 radical (unpaired) electrons. The zero-order valence-electron chi connectivity index (χ0n) is 8.80. The molecule has 0 saturated heterocycles. The molecule has 2 rings (SSSR count). The van der Waals surface area contributed by atoms with E-state index in [0.29, 0.717) is 0 Å². The summed E-state index contributed by atoms with van der Waals surface area (Å²) in [4.78, 5) is 0. The molecule has 15 heavy (non-hydrogen) atoms. The Labute approximate surface area is 90.3 Å². The lowest BCUT2D eigenvalue weighted by molar-refractivity contribution is -0.673. The normalized spacial score (nSPS) is 10.7. The standard InChI is InChI=1S/C14H14N/c1-15-12-6-5-9-14(15)11-10-13-7-3-2-4-8-13/h2-12H,1H3/q+1/b11-10-. The highest BCUT2D eigenvalue weighted by Gasteiger charge is 1.97. The lowest BCUT2D eigenvalue weighted by Gasteiger charge is -1.93. The van der Waals surface area contributed by atoms with Crippen molar-refractivity contribution in [2.45, 2.75) is 0 Å². The maximum absolute atomic E-state index is 2.12. The van der Waals surface area contributed by atoms with Crippen LogP contribution in [0.15, 0.2) is 54.7 Å². The van der Waals surface area contributed by atoms with Crippen LogP contribution in [-0.2, 0) is 7.05 Å². The summed E-state index contributed by atoms with van der Waals surface area (Å²) in [6.07, 6.45) is 6.29. The Morgan fingerprint density at radius 1 is 0.867 bits per heavy atom. The summed E-state index contributed by atoms with van der Waals surface area (Å²) in [5, 5.41) is 0. The minimum atomic E-state index is 1.20. The second kappa shape index (κ2) is 4.56. The van der Waals surface area contributed by atoms with Gasteiger partial charge in [-0.1, -0.05) is 30.3 Å². The number of rotatable bonds is 2. The number of aryl methyl sites for hydroxylation is 1. The fraction of sp³-hybridized carbons (Fsp3) is 0.0714. The summed E-state index contributed by atoms with van der Waals surface area (Å²) in [5.41, 5.74) is 2.42. The topological polar surface area (TPSA) is 3.88 Å². The van der Waals surface area contributed by atoms with E-state index in [0.717, 1.165) is 0 Å². The van der Waals surface area contributed by atoms with Crippen LogP contribution in [0, 0.1) is 0 Å². The number of benzene rings is 1. The Hall–Kier alpha value is -1.89. The molecule has 1 aromatic carbocycles. The molecule has 1 heterocycles. The van der Waals surface area contributed by atoms with E-state index in [-0.39, 0.29) is 0 Å². The lowest BCUT2D eigenvalue weighted by Crippen LogP contribution is -2.30. The molecule has 0 aliphatic heterocycles. The van der Waals surface area contributed by atoms with E-state index in [1.807, 2.05) is 43.6 Å². The second-order valence-electron chi connectivity index (χ2n) is 3.48. The van der Waals surface area contributed by atoms with Gasteiger partial charge >= 0.3 is 0 Å². The number of hydrogen-bond donors (Lipinski definition) is 0. The molecular formula is C14H14N+. The molecule has 0 saturated carbocycles. The SMILES string of the molecule is C[n+]1ccccc1/C=C\c1ccccc1. The van der Waals surface area contributed by atoms with E-state index < -0.39 is 0 Å². The van der Waals surface area contributed by atoms with Crippen LogP contribution < -0.4 is 4.57 Å². The van der Waals surface area contributed by atoms with Gasteiger partial charge in [0.05, 0.1) is 0 Å². The quantitative estimate of drug-likeness (QED) is 0.650. The maximum Gasteiger partial charge on any atom is 0.204 e. The molecule has 0 amide bonds. The Morgan fingerprint density at radius 2 is 1.60 bits per heavy atom. The smallest absolute Gasteiger partial charge is 0.202 e. The average Bonchev–Trinajstić information content (AvgIpc) is 2.29. The van der Waals surface area contributed by atoms with Crippen LogP contribution in [0.4, 0.5) is 0 Å². The number of nitrogens with zero attached hydrogens (tertiary/aromatic N) is 1. The van der Waals surface area contributed by atoms with E-state index in [1.54, 1.807) is 0 Å². The van der Waals surface area contributed by atoms with Crippen molar-refractivity contribution in [3.8, 4) is 0 Å². The summed E-state index contributed by atoms with van der Waals surface area (Å²) < 4.78 is 2.10. The van der Waals surface area contributed by atoms with Gasteiger partial charge in [0, 0.05) is 18.2 Å². The van der Waals surface area contributed by atoms with Gasteiger partial charge < -0.3 is 0 Å². The zero-order chi connectivity index (χ0) is 10.5. The summed E-state index contributed by atoms with van der Waals surface area (Å²) in [6, 6.07) is 16.5. The van der Waals surface area contributed by atoms with Gasteiger partial charge in [-0.25, -0.2) is 4.57 Å². The van der Waals surface area contributed by atoms with Crippen LogP contribution in [0.1, 0.15) is 11.3 Å². The van der Waals surface area contributed by atoms with Gasteiger partial charge in [-0.2, -0.15) is 0 Å². The highest BCUT2D eigenvalue weighted by molar-refractivity contribution is 5.66. The molecular weight excluding hydrogens is 182 g/mol. The van der Waals surface area contributed by atoms with Gasteiger partial charge in [-0.05, 0) is 17.7 Å². The molecule has 0 fully saturated rings. The third-order valence-electron chi connectivity index (χ3n) is 2.34. The Balaban J connectivity index is 2.23. The fourth-order valence-electron chi connectivity index (χ4n) is 1.46. The summed E-state index contributed by atoms with van der Waals surface area (Å²) in [6.45, 7) is 0. The first-order chi connectivity index (χ1) is 7.36. The van der Waals surface area contributed by atoms with E-state index in [9.17, 15) is 0 Å². The van der Waals surface area contributed by atoms with Gasteiger partial charge in [0.15, 0.2) is 6.20 Å². The minimum absolute atomic E-state index is 1.20. The monoisotopic (exact) mass is 196 g/mol. The third-order valence-corrected chi connectivity index (χ3v) is 2.34. The molecule has 0 unspecified atom stereocenters. The van der Waals surface area contributed by atoms with Crippen molar-refractivity contribution in [2.75, 3.05) is 0 Å². The summed E-state index contributed by atoms with van der Waals surface area (Å²) in [5.74, 6) is 0. The van der Waals surface area contributed by atoms with Crippen molar-refractivity contribution in [3.05, 3.63) is 66.0 Å². The molecule has 0 N–H and O–H groups in total. The summed E-state index contributed by atoms with van der Waals surface area (Å²) in [7, 11) is 2.05. The fourth-order valence-corrected chi connectivity index (χ4v) is 1.46. The highest BCUT2D eigenvalue weighted by Crippen LogP contribution is 2.04. The zero-order valence-corrected chi connectivity index (χ0v) is 8.80. The largest absolute Gasteiger partial charge is 0.204 e. The van der Waals surface area contributed by atoms with E-state index >= 15 is 0 Å². The van der Waals surface area contributed by atoms with Crippen LogP contribution in [0.25, 0.3) is 12.2 Å². The molecule has 0 bridgehead atoms. The molecule has 0 atom stereocenters. The minimum Gasteiger partial charge on any atom is -0.202 e. The highest BCUT2D eigenvalue weighted by atomic mass is 14.9. The van der Waals surface area contributed by atoms with Gasteiger partial charge in [0.2, 0.25) is 5.69 Å². The van der Waals surface area contributed by atoms with Crippen LogP contribution in [0.2, 0.25) is 0 Å². The number of pyridine rings is 1. The van der Waals surface area contributed by atoms with E-state index in [4.69, 9.17) is 0 Å². The third kappa shape index (κ3) is 2.53. The van der Waals surface area contributed by atoms with Crippen molar-refractivity contribution < 1.29 is 4.57 Å². The first-order valence-corrected chi connectivity index (χ1v) is 5.04. The van der Waals surface area contributed by atoms with Crippen molar-refractivity contribution in [2.24, 2.45) is 7.05 Å². The van der Waals surface area contributed by atoms with Crippen molar-refractivity contribution in [1.29, 1.82) is 0 Å². The molecule has 0 aliphatic carbocycles. The van der Waals surface area contributed by atoms with Gasteiger partial charge in [0.25, 0.3) is 0 Å². The van der Waals surface area contributed by atoms with Gasteiger partial charge in [-0.3, -0.25) is 0 Å². The van der Waals surface area contributed by atoms with Crippen LogP contribution in [0.3, 0.4) is 0 Å². The Morgan fingerprint density at radius 3 is 2.33 bits per heavy atom. The van der Waals surface area contributed by atoms with Crippen molar-refractivity contribution in [3.63, 3.8) is 0 Å². The molecule has 0 spiro atoms. The molecule has 1 aromatic heterocycles. The van der Waals surface area contributed by atoms with Crippen molar-refractivity contribution >= 4 is 12.2 Å². The first-order valence-electron chi connectivity index (χ1n) is 5.04. The molecule has 1 nitrogen and oxygen atoms in total. The second-order valence-corrected chi connectivity index (χ2v) is 3.48.